The topological polar surface area (TPSA) is 80.9 Å². The van der Waals surface area contributed by atoms with Gasteiger partial charge >= 0.3 is 0 Å². The number of amides is 1. The van der Waals surface area contributed by atoms with Crippen molar-refractivity contribution in [1.29, 1.82) is 0 Å². The first-order valence-corrected chi connectivity index (χ1v) is 7.78. The fourth-order valence-corrected chi connectivity index (χ4v) is 2.38. The summed E-state index contributed by atoms with van der Waals surface area (Å²) in [4.78, 5) is 15.9. The lowest BCUT2D eigenvalue weighted by molar-refractivity contribution is 0.0953. The standard InChI is InChI=1S/C16H13BrN4O2/c17-13-3-1-2-12(10-13)15(22)19-9-6-14-20-21-16(23-14)11-4-7-18-8-5-11/h1-5,7-8,10H,6,9H2,(H,19,22). The molecule has 0 unspecified atom stereocenters. The number of rotatable bonds is 5. The molecule has 0 spiro atoms. The summed E-state index contributed by atoms with van der Waals surface area (Å²) in [6, 6.07) is 10.8. The van der Waals surface area contributed by atoms with Crippen LogP contribution in [0.3, 0.4) is 0 Å². The number of hydrogen-bond donors (Lipinski definition) is 1. The Morgan fingerprint density at radius 2 is 2.00 bits per heavy atom. The van der Waals surface area contributed by atoms with Crippen molar-refractivity contribution in [3.05, 3.63) is 64.7 Å². The van der Waals surface area contributed by atoms with Crippen LogP contribution in [0.15, 0.2) is 57.7 Å². The second-order valence-corrected chi connectivity index (χ2v) is 5.67. The molecule has 3 rings (SSSR count). The molecule has 0 saturated carbocycles. The highest BCUT2D eigenvalue weighted by atomic mass is 79.9. The summed E-state index contributed by atoms with van der Waals surface area (Å²) in [5.41, 5.74) is 1.42. The van der Waals surface area contributed by atoms with Crippen molar-refractivity contribution in [3.8, 4) is 11.5 Å². The predicted molar refractivity (Wildman–Crippen MR) is 87.7 cm³/mol. The van der Waals surface area contributed by atoms with Gasteiger partial charge in [0.25, 0.3) is 5.91 Å². The van der Waals surface area contributed by atoms with E-state index < -0.39 is 0 Å². The van der Waals surface area contributed by atoms with Gasteiger partial charge in [0, 0.05) is 41.0 Å². The summed E-state index contributed by atoms with van der Waals surface area (Å²) in [5.74, 6) is 0.784. The van der Waals surface area contributed by atoms with Gasteiger partial charge in [-0.05, 0) is 30.3 Å². The van der Waals surface area contributed by atoms with Crippen LogP contribution in [0, 0.1) is 0 Å². The fourth-order valence-electron chi connectivity index (χ4n) is 1.98. The Morgan fingerprint density at radius 3 is 2.78 bits per heavy atom. The largest absolute Gasteiger partial charge is 0.421 e. The Balaban J connectivity index is 1.55. The molecular weight excluding hydrogens is 360 g/mol. The molecule has 0 saturated heterocycles. The van der Waals surface area contributed by atoms with Crippen LogP contribution in [-0.2, 0) is 6.42 Å². The van der Waals surface area contributed by atoms with Gasteiger partial charge in [0.15, 0.2) is 0 Å². The maximum atomic E-state index is 12.0. The summed E-state index contributed by atoms with van der Waals surface area (Å²) in [6.45, 7) is 0.420. The molecule has 2 heterocycles. The van der Waals surface area contributed by atoms with E-state index in [0.717, 1.165) is 10.0 Å². The molecule has 23 heavy (non-hydrogen) atoms. The van der Waals surface area contributed by atoms with Crippen LogP contribution in [0.5, 0.6) is 0 Å². The zero-order valence-corrected chi connectivity index (χ0v) is 13.7. The number of nitrogens with one attached hydrogen (secondary N) is 1. The first-order chi connectivity index (χ1) is 11.2. The highest BCUT2D eigenvalue weighted by Gasteiger charge is 2.09. The summed E-state index contributed by atoms with van der Waals surface area (Å²) in [5, 5.41) is 10.8. The summed E-state index contributed by atoms with van der Waals surface area (Å²) >= 11 is 3.34. The molecule has 0 aliphatic rings. The molecule has 6 nitrogen and oxygen atoms in total. The van der Waals surface area contributed by atoms with E-state index in [1.54, 1.807) is 36.7 Å². The minimum Gasteiger partial charge on any atom is -0.421 e. The van der Waals surface area contributed by atoms with Crippen molar-refractivity contribution in [2.75, 3.05) is 6.54 Å². The van der Waals surface area contributed by atoms with Gasteiger partial charge in [-0.2, -0.15) is 0 Å². The van der Waals surface area contributed by atoms with Crippen molar-refractivity contribution in [2.45, 2.75) is 6.42 Å². The van der Waals surface area contributed by atoms with E-state index in [1.807, 2.05) is 12.1 Å². The average molecular weight is 373 g/mol. The monoisotopic (exact) mass is 372 g/mol. The molecule has 1 aromatic carbocycles. The Kier molecular flexibility index (Phi) is 4.77. The van der Waals surface area contributed by atoms with Crippen molar-refractivity contribution in [2.24, 2.45) is 0 Å². The van der Waals surface area contributed by atoms with Gasteiger partial charge in [0.2, 0.25) is 11.8 Å². The van der Waals surface area contributed by atoms with E-state index in [1.165, 1.54) is 0 Å². The average Bonchev–Trinajstić information content (AvgIpc) is 3.04. The Hall–Kier alpha value is -2.54. The Morgan fingerprint density at radius 1 is 1.17 bits per heavy atom. The Labute approximate surface area is 141 Å². The highest BCUT2D eigenvalue weighted by molar-refractivity contribution is 9.10. The first-order valence-electron chi connectivity index (χ1n) is 6.99. The Bertz CT molecular complexity index is 805. The van der Waals surface area contributed by atoms with E-state index >= 15 is 0 Å². The number of carbonyl (C=O) groups excluding carboxylic acids is 1. The molecule has 2 aromatic heterocycles. The van der Waals surface area contributed by atoms with E-state index in [9.17, 15) is 4.79 Å². The van der Waals surface area contributed by atoms with Crippen molar-refractivity contribution >= 4 is 21.8 Å². The summed E-state index contributed by atoms with van der Waals surface area (Å²) < 4.78 is 6.43. The number of halogens is 1. The van der Waals surface area contributed by atoms with Crippen LogP contribution >= 0.6 is 15.9 Å². The smallest absolute Gasteiger partial charge is 0.251 e. The summed E-state index contributed by atoms with van der Waals surface area (Å²) in [6.07, 6.45) is 3.80. The van der Waals surface area contributed by atoms with E-state index in [-0.39, 0.29) is 5.91 Å². The quantitative estimate of drug-likeness (QED) is 0.744. The molecule has 0 bridgehead atoms. The van der Waals surface area contributed by atoms with Crippen LogP contribution in [0.4, 0.5) is 0 Å². The van der Waals surface area contributed by atoms with Gasteiger partial charge < -0.3 is 9.73 Å². The highest BCUT2D eigenvalue weighted by Crippen LogP contribution is 2.16. The normalized spacial score (nSPS) is 10.5. The number of nitrogens with zero attached hydrogens (tertiary/aromatic N) is 3. The lowest BCUT2D eigenvalue weighted by Crippen LogP contribution is -2.25. The summed E-state index contributed by atoms with van der Waals surface area (Å²) in [7, 11) is 0. The van der Waals surface area contributed by atoms with Gasteiger partial charge in [-0.25, -0.2) is 0 Å². The van der Waals surface area contributed by atoms with Crippen molar-refractivity contribution in [1.82, 2.24) is 20.5 Å². The number of aromatic nitrogens is 3. The molecule has 7 heteroatoms. The lowest BCUT2D eigenvalue weighted by Gasteiger charge is -2.03. The van der Waals surface area contributed by atoms with Gasteiger partial charge in [-0.3, -0.25) is 9.78 Å². The minimum atomic E-state index is -0.139. The lowest BCUT2D eigenvalue weighted by atomic mass is 10.2. The van der Waals surface area contributed by atoms with Crippen LogP contribution in [0.2, 0.25) is 0 Å². The molecule has 0 atom stereocenters. The molecule has 1 amide bonds. The van der Waals surface area contributed by atoms with Gasteiger partial charge in [0.1, 0.15) is 0 Å². The molecule has 0 aliphatic heterocycles. The molecular formula is C16H13BrN4O2. The zero-order valence-electron chi connectivity index (χ0n) is 12.1. The number of carbonyl (C=O) groups is 1. The molecule has 116 valence electrons. The molecule has 0 fully saturated rings. The van der Waals surface area contributed by atoms with Crippen molar-refractivity contribution in [3.63, 3.8) is 0 Å². The van der Waals surface area contributed by atoms with E-state index in [4.69, 9.17) is 4.42 Å². The number of benzene rings is 1. The SMILES string of the molecule is O=C(NCCc1nnc(-c2ccncc2)o1)c1cccc(Br)c1. The van der Waals surface area contributed by atoms with Gasteiger partial charge in [-0.15, -0.1) is 10.2 Å². The molecule has 1 N–H and O–H groups in total. The second kappa shape index (κ2) is 7.15. The van der Waals surface area contributed by atoms with E-state index in [2.05, 4.69) is 36.4 Å². The van der Waals surface area contributed by atoms with Gasteiger partial charge in [-0.1, -0.05) is 22.0 Å². The zero-order chi connectivity index (χ0) is 16.1. The third kappa shape index (κ3) is 4.01. The van der Waals surface area contributed by atoms with E-state index in [0.29, 0.717) is 30.3 Å². The number of pyridine rings is 1. The fraction of sp³-hybridized carbons (Fsp3) is 0.125. The first kappa shape index (κ1) is 15.4. The van der Waals surface area contributed by atoms with Crippen LogP contribution in [-0.4, -0.2) is 27.6 Å². The van der Waals surface area contributed by atoms with Crippen LogP contribution in [0.1, 0.15) is 16.2 Å². The molecule has 0 radical (unpaired) electrons. The maximum absolute atomic E-state index is 12.0. The maximum Gasteiger partial charge on any atom is 0.251 e. The predicted octanol–water partition coefficient (Wildman–Crippen LogP) is 2.87. The van der Waals surface area contributed by atoms with Crippen LogP contribution in [0.25, 0.3) is 11.5 Å². The number of hydrogen-bond acceptors (Lipinski definition) is 5. The minimum absolute atomic E-state index is 0.139. The van der Waals surface area contributed by atoms with Gasteiger partial charge in [0.05, 0.1) is 0 Å². The third-order valence-electron chi connectivity index (χ3n) is 3.11. The molecule has 0 aliphatic carbocycles. The third-order valence-corrected chi connectivity index (χ3v) is 3.60. The molecule has 3 aromatic rings. The van der Waals surface area contributed by atoms with Crippen molar-refractivity contribution < 1.29 is 9.21 Å². The van der Waals surface area contributed by atoms with Crippen LogP contribution < -0.4 is 5.32 Å². The second-order valence-electron chi connectivity index (χ2n) is 4.75.